The van der Waals surface area contributed by atoms with Crippen molar-refractivity contribution in [3.63, 3.8) is 0 Å². The van der Waals surface area contributed by atoms with Gasteiger partial charge < -0.3 is 4.55 Å². The van der Waals surface area contributed by atoms with Gasteiger partial charge in [0.15, 0.2) is 11.1 Å². The van der Waals surface area contributed by atoms with Crippen LogP contribution in [-0.4, -0.2) is 8.76 Å². The molecule has 0 amide bonds. The summed E-state index contributed by atoms with van der Waals surface area (Å²) in [6.07, 6.45) is -2.66. The molecule has 0 heterocycles. The molecule has 2 aromatic carbocycles. The molecule has 1 unspecified atom stereocenters. The smallest absolute Gasteiger partial charge is 0.302 e. The highest BCUT2D eigenvalue weighted by atomic mass is 32.2. The molecule has 3 rings (SSSR count). The van der Waals surface area contributed by atoms with Gasteiger partial charge in [0, 0.05) is 0 Å². The molecule has 25 heavy (non-hydrogen) atoms. The van der Waals surface area contributed by atoms with Crippen LogP contribution in [-0.2, 0) is 17.3 Å². The Morgan fingerprint density at radius 2 is 1.48 bits per heavy atom. The van der Waals surface area contributed by atoms with E-state index < -0.39 is 28.6 Å². The van der Waals surface area contributed by atoms with Crippen molar-refractivity contribution >= 4 is 22.2 Å². The lowest BCUT2D eigenvalue weighted by atomic mass is 9.95. The largest absolute Gasteiger partial charge is 0.419 e. The van der Waals surface area contributed by atoms with Crippen LogP contribution in [0.15, 0.2) is 47.4 Å². The van der Waals surface area contributed by atoms with Gasteiger partial charge in [-0.05, 0) is 65.8 Å². The van der Waals surface area contributed by atoms with E-state index >= 15 is 0 Å². The highest BCUT2D eigenvalue weighted by molar-refractivity contribution is 7.79. The Morgan fingerprint density at radius 1 is 0.920 bits per heavy atom. The first-order valence-electron chi connectivity index (χ1n) is 7.58. The third kappa shape index (κ3) is 3.67. The number of benzene rings is 2. The predicted molar refractivity (Wildman–Crippen MR) is 87.5 cm³/mol. The molecular formula is C18H14F4O2S. The molecule has 2 nitrogen and oxygen atoms in total. The van der Waals surface area contributed by atoms with E-state index in [0.717, 1.165) is 35.3 Å². The second-order valence-electron chi connectivity index (χ2n) is 5.78. The van der Waals surface area contributed by atoms with Crippen molar-refractivity contribution in [1.29, 1.82) is 0 Å². The summed E-state index contributed by atoms with van der Waals surface area (Å²) < 4.78 is 72.4. The molecule has 0 saturated heterocycles. The number of allylic oxidation sites excluding steroid dienone is 2. The lowest BCUT2D eigenvalue weighted by Gasteiger charge is -2.13. The number of alkyl halides is 3. The van der Waals surface area contributed by atoms with Crippen molar-refractivity contribution in [2.45, 2.75) is 30.3 Å². The maximum atomic E-state index is 13.5. The van der Waals surface area contributed by atoms with E-state index in [-0.39, 0.29) is 4.90 Å². The Balaban J connectivity index is 2.06. The van der Waals surface area contributed by atoms with Crippen LogP contribution < -0.4 is 0 Å². The first-order valence-corrected chi connectivity index (χ1v) is 8.68. The number of rotatable bonds is 3. The molecule has 1 atom stereocenters. The van der Waals surface area contributed by atoms with Crippen LogP contribution in [0.25, 0.3) is 11.1 Å². The quantitative estimate of drug-likeness (QED) is 0.571. The van der Waals surface area contributed by atoms with E-state index in [1.54, 1.807) is 12.1 Å². The first-order chi connectivity index (χ1) is 11.8. The Bertz CT molecular complexity index is 854. The van der Waals surface area contributed by atoms with Gasteiger partial charge in [0.2, 0.25) is 0 Å². The molecule has 0 spiro atoms. The molecule has 2 aromatic rings. The fourth-order valence-electron chi connectivity index (χ4n) is 3.08. The highest BCUT2D eigenvalue weighted by Gasteiger charge is 2.34. The van der Waals surface area contributed by atoms with Gasteiger partial charge in [0.25, 0.3) is 0 Å². The van der Waals surface area contributed by atoms with Crippen LogP contribution in [0.2, 0.25) is 0 Å². The van der Waals surface area contributed by atoms with E-state index in [0.29, 0.717) is 18.4 Å². The Kier molecular flexibility index (Phi) is 4.79. The second-order valence-corrected chi connectivity index (χ2v) is 6.75. The van der Waals surface area contributed by atoms with Crippen molar-refractivity contribution in [2.24, 2.45) is 0 Å². The van der Waals surface area contributed by atoms with Crippen molar-refractivity contribution in [1.82, 2.24) is 0 Å². The summed E-state index contributed by atoms with van der Waals surface area (Å²) in [7, 11) is 0. The molecule has 1 aliphatic rings. The summed E-state index contributed by atoms with van der Waals surface area (Å²) >= 11 is -2.08. The fourth-order valence-corrected chi connectivity index (χ4v) is 3.45. The average molecular weight is 370 g/mol. The van der Waals surface area contributed by atoms with Crippen LogP contribution in [0.4, 0.5) is 17.6 Å². The third-order valence-corrected chi connectivity index (χ3v) is 4.92. The standard InChI is InChI=1S/C18H14F4O2S/c19-17-9-6-12(10-16(17)18(20,21)22)15-3-1-2-14(15)11-4-7-13(8-5-11)25(23)24/h4-10H,1-3H2,(H,23,24). The molecule has 0 fully saturated rings. The zero-order valence-electron chi connectivity index (χ0n) is 12.9. The lowest BCUT2D eigenvalue weighted by molar-refractivity contribution is -0.140. The Hall–Kier alpha value is -1.99. The van der Waals surface area contributed by atoms with Crippen LogP contribution in [0, 0.1) is 5.82 Å². The fraction of sp³-hybridized carbons (Fsp3) is 0.222. The highest BCUT2D eigenvalue weighted by Crippen LogP contribution is 2.41. The minimum Gasteiger partial charge on any atom is -0.302 e. The van der Waals surface area contributed by atoms with Gasteiger partial charge in [-0.15, -0.1) is 0 Å². The van der Waals surface area contributed by atoms with Crippen LogP contribution in [0.1, 0.15) is 36.0 Å². The van der Waals surface area contributed by atoms with Gasteiger partial charge in [-0.3, -0.25) is 0 Å². The average Bonchev–Trinajstić information content (AvgIpc) is 3.04. The second kappa shape index (κ2) is 6.72. The predicted octanol–water partition coefficient (Wildman–Crippen LogP) is 5.52. The molecule has 0 aromatic heterocycles. The minimum atomic E-state index is -4.74. The molecule has 0 radical (unpaired) electrons. The van der Waals surface area contributed by atoms with E-state index in [1.165, 1.54) is 18.2 Å². The summed E-state index contributed by atoms with van der Waals surface area (Å²) in [6.45, 7) is 0. The topological polar surface area (TPSA) is 37.3 Å². The number of hydrogen-bond acceptors (Lipinski definition) is 1. The van der Waals surface area contributed by atoms with Gasteiger partial charge in [-0.25, -0.2) is 8.60 Å². The number of hydrogen-bond donors (Lipinski definition) is 1. The lowest BCUT2D eigenvalue weighted by Crippen LogP contribution is -2.08. The zero-order valence-corrected chi connectivity index (χ0v) is 13.8. The molecule has 7 heteroatoms. The molecular weight excluding hydrogens is 356 g/mol. The van der Waals surface area contributed by atoms with Crippen LogP contribution in [0.3, 0.4) is 0 Å². The third-order valence-electron chi connectivity index (χ3n) is 4.24. The van der Waals surface area contributed by atoms with E-state index in [1.807, 2.05) is 0 Å². The first kappa shape index (κ1) is 17.8. The Labute approximate surface area is 144 Å². The van der Waals surface area contributed by atoms with Crippen molar-refractivity contribution in [3.8, 4) is 0 Å². The maximum Gasteiger partial charge on any atom is 0.419 e. The summed E-state index contributed by atoms with van der Waals surface area (Å²) in [6, 6.07) is 9.45. The van der Waals surface area contributed by atoms with Gasteiger partial charge in [-0.2, -0.15) is 13.2 Å². The van der Waals surface area contributed by atoms with Gasteiger partial charge in [0.1, 0.15) is 5.82 Å². The van der Waals surface area contributed by atoms with Crippen LogP contribution in [0.5, 0.6) is 0 Å². The van der Waals surface area contributed by atoms with E-state index in [2.05, 4.69) is 0 Å². The van der Waals surface area contributed by atoms with Crippen molar-refractivity contribution in [2.75, 3.05) is 0 Å². The number of halogens is 4. The monoisotopic (exact) mass is 370 g/mol. The van der Waals surface area contributed by atoms with Gasteiger partial charge in [-0.1, -0.05) is 18.2 Å². The minimum absolute atomic E-state index is 0.255. The molecule has 132 valence electrons. The molecule has 0 saturated carbocycles. The van der Waals surface area contributed by atoms with Crippen LogP contribution >= 0.6 is 0 Å². The SMILES string of the molecule is O=S(O)c1ccc(C2=C(c3ccc(F)c(C(F)(F)F)c3)CCC2)cc1. The molecule has 1 N–H and O–H groups in total. The summed E-state index contributed by atoms with van der Waals surface area (Å²) in [5.74, 6) is -1.29. The zero-order chi connectivity index (χ0) is 18.2. The summed E-state index contributed by atoms with van der Waals surface area (Å²) in [4.78, 5) is 0.255. The Morgan fingerprint density at radius 3 is 2.04 bits per heavy atom. The molecule has 0 bridgehead atoms. The summed E-state index contributed by atoms with van der Waals surface area (Å²) in [5, 5.41) is 0. The summed E-state index contributed by atoms with van der Waals surface area (Å²) in [5.41, 5.74) is 1.52. The van der Waals surface area contributed by atoms with Gasteiger partial charge in [0.05, 0.1) is 10.5 Å². The molecule has 1 aliphatic carbocycles. The van der Waals surface area contributed by atoms with E-state index in [9.17, 15) is 21.8 Å². The maximum absolute atomic E-state index is 13.5. The van der Waals surface area contributed by atoms with Gasteiger partial charge >= 0.3 is 6.18 Å². The normalized spacial score (nSPS) is 16.4. The van der Waals surface area contributed by atoms with E-state index in [4.69, 9.17) is 4.55 Å². The molecule has 0 aliphatic heterocycles. The van der Waals surface area contributed by atoms with Crippen molar-refractivity contribution in [3.05, 3.63) is 65.0 Å². The van der Waals surface area contributed by atoms with Crippen molar-refractivity contribution < 1.29 is 26.3 Å².